The van der Waals surface area contributed by atoms with Crippen molar-refractivity contribution in [1.29, 1.82) is 0 Å². The van der Waals surface area contributed by atoms with Gasteiger partial charge in [-0.3, -0.25) is 4.98 Å². The standard InChI is InChI=1S/C29H28N4O2S/c36-29-31-27(25-11-4-5-17-30-25)28(26-12-6-18-32(26)20-24-10-7-19-34-24)33(29)21-13-15-23(16-14-21)35-22-8-2-1-3-9-22/h1-6,8-9,11-18,24,27-28H,7,10,19-20H2,(H,31,36)/t24-,27+,28+/m0/s1. The Hall–Kier alpha value is -3.68. The maximum absolute atomic E-state index is 6.01. The Morgan fingerprint density at radius 2 is 1.75 bits per heavy atom. The molecule has 1 N–H and O–H groups in total. The van der Waals surface area contributed by atoms with E-state index >= 15 is 0 Å². The van der Waals surface area contributed by atoms with E-state index in [0.29, 0.717) is 5.11 Å². The fraction of sp³-hybridized carbons (Fsp3) is 0.241. The molecule has 0 amide bonds. The highest BCUT2D eigenvalue weighted by Crippen LogP contribution is 2.42. The molecule has 182 valence electrons. The molecule has 2 aliphatic heterocycles. The number of aromatic nitrogens is 2. The van der Waals surface area contributed by atoms with Crippen LogP contribution in [0, 0.1) is 0 Å². The normalized spacial score (nSPS) is 21.5. The summed E-state index contributed by atoms with van der Waals surface area (Å²) >= 11 is 5.90. The number of pyridine rings is 1. The number of rotatable bonds is 7. The molecule has 0 aliphatic carbocycles. The van der Waals surface area contributed by atoms with Crippen LogP contribution in [0.15, 0.2) is 97.3 Å². The Bertz CT molecular complexity index is 1300. The summed E-state index contributed by atoms with van der Waals surface area (Å²) in [5, 5.41) is 4.23. The van der Waals surface area contributed by atoms with Gasteiger partial charge >= 0.3 is 0 Å². The highest BCUT2D eigenvalue weighted by Gasteiger charge is 2.42. The topological polar surface area (TPSA) is 51.5 Å². The molecule has 6 nitrogen and oxygen atoms in total. The molecule has 0 spiro atoms. The summed E-state index contributed by atoms with van der Waals surface area (Å²) in [6.45, 7) is 1.68. The third-order valence-corrected chi connectivity index (χ3v) is 7.10. The van der Waals surface area contributed by atoms with Gasteiger partial charge in [-0.2, -0.15) is 0 Å². The van der Waals surface area contributed by atoms with Gasteiger partial charge in [-0.1, -0.05) is 24.3 Å². The first kappa shape index (κ1) is 22.8. The molecule has 0 saturated carbocycles. The van der Waals surface area contributed by atoms with Crippen molar-refractivity contribution in [2.75, 3.05) is 11.5 Å². The zero-order chi connectivity index (χ0) is 24.3. The zero-order valence-electron chi connectivity index (χ0n) is 19.9. The van der Waals surface area contributed by atoms with E-state index in [9.17, 15) is 0 Å². The molecule has 2 aliphatic rings. The zero-order valence-corrected chi connectivity index (χ0v) is 20.7. The van der Waals surface area contributed by atoms with Crippen LogP contribution in [-0.2, 0) is 11.3 Å². The van der Waals surface area contributed by atoms with Crippen LogP contribution in [0.2, 0.25) is 0 Å². The lowest BCUT2D eigenvalue weighted by Crippen LogP contribution is -2.31. The molecule has 4 heterocycles. The Morgan fingerprint density at radius 3 is 2.50 bits per heavy atom. The van der Waals surface area contributed by atoms with Gasteiger partial charge in [0.25, 0.3) is 0 Å². The van der Waals surface area contributed by atoms with Crippen LogP contribution in [0.25, 0.3) is 0 Å². The van der Waals surface area contributed by atoms with Crippen LogP contribution in [-0.4, -0.2) is 27.4 Å². The number of para-hydroxylation sites is 1. The maximum atomic E-state index is 6.01. The van der Waals surface area contributed by atoms with Crippen LogP contribution in [0.3, 0.4) is 0 Å². The van der Waals surface area contributed by atoms with Crippen molar-refractivity contribution in [3.63, 3.8) is 0 Å². The van der Waals surface area contributed by atoms with Crippen molar-refractivity contribution in [3.05, 3.63) is 109 Å². The fourth-order valence-electron chi connectivity index (χ4n) is 5.10. The van der Waals surface area contributed by atoms with E-state index in [1.54, 1.807) is 0 Å². The molecular weight excluding hydrogens is 468 g/mol. The summed E-state index contributed by atoms with van der Waals surface area (Å²) < 4.78 is 14.3. The smallest absolute Gasteiger partial charge is 0.174 e. The van der Waals surface area contributed by atoms with Gasteiger partial charge in [0.1, 0.15) is 17.5 Å². The van der Waals surface area contributed by atoms with Gasteiger partial charge in [0.05, 0.1) is 17.8 Å². The molecule has 7 heteroatoms. The maximum Gasteiger partial charge on any atom is 0.174 e. The van der Waals surface area contributed by atoms with E-state index in [-0.39, 0.29) is 18.2 Å². The molecule has 2 aromatic heterocycles. The Morgan fingerprint density at radius 1 is 0.944 bits per heavy atom. The van der Waals surface area contributed by atoms with Gasteiger partial charge in [-0.25, -0.2) is 0 Å². The molecule has 3 atom stereocenters. The summed E-state index contributed by atoms with van der Waals surface area (Å²) in [6.07, 6.45) is 6.43. The quantitative estimate of drug-likeness (QED) is 0.315. The van der Waals surface area contributed by atoms with Gasteiger partial charge in [-0.05, 0) is 85.7 Å². The molecule has 0 radical (unpaired) electrons. The van der Waals surface area contributed by atoms with E-state index in [0.717, 1.165) is 48.9 Å². The van der Waals surface area contributed by atoms with Crippen LogP contribution >= 0.6 is 12.2 Å². The van der Waals surface area contributed by atoms with E-state index in [1.165, 1.54) is 5.69 Å². The highest BCUT2D eigenvalue weighted by molar-refractivity contribution is 7.80. The van der Waals surface area contributed by atoms with E-state index in [1.807, 2.05) is 60.8 Å². The summed E-state index contributed by atoms with van der Waals surface area (Å²) in [5.41, 5.74) is 3.14. The number of ether oxygens (including phenoxy) is 2. The lowest BCUT2D eigenvalue weighted by molar-refractivity contribution is 0.0961. The second-order valence-corrected chi connectivity index (χ2v) is 9.51. The van der Waals surface area contributed by atoms with Crippen molar-refractivity contribution >= 4 is 23.0 Å². The van der Waals surface area contributed by atoms with Crippen molar-refractivity contribution in [1.82, 2.24) is 14.9 Å². The summed E-state index contributed by atoms with van der Waals surface area (Å²) in [4.78, 5) is 6.87. The summed E-state index contributed by atoms with van der Waals surface area (Å²) in [6, 6.07) is 28.1. The number of anilines is 1. The molecule has 6 rings (SSSR count). The third kappa shape index (κ3) is 4.59. The van der Waals surface area contributed by atoms with E-state index in [2.05, 4.69) is 56.3 Å². The lowest BCUT2D eigenvalue weighted by Gasteiger charge is -2.29. The average molecular weight is 497 g/mol. The Kier molecular flexibility index (Phi) is 6.40. The highest BCUT2D eigenvalue weighted by atomic mass is 32.1. The van der Waals surface area contributed by atoms with Crippen LogP contribution in [0.1, 0.15) is 36.3 Å². The fourth-order valence-corrected chi connectivity index (χ4v) is 5.45. The molecular formula is C29H28N4O2S. The van der Waals surface area contributed by atoms with E-state index < -0.39 is 0 Å². The van der Waals surface area contributed by atoms with Crippen LogP contribution in [0.4, 0.5) is 5.69 Å². The number of thiocarbonyl (C=S) groups is 1. The number of hydrogen-bond donors (Lipinski definition) is 1. The first-order chi connectivity index (χ1) is 17.8. The van der Waals surface area contributed by atoms with Crippen molar-refractivity contribution in [3.8, 4) is 11.5 Å². The molecule has 2 aromatic carbocycles. The average Bonchev–Trinajstić information content (AvgIpc) is 3.67. The minimum absolute atomic E-state index is 0.0651. The number of hydrogen-bond acceptors (Lipinski definition) is 4. The summed E-state index contributed by atoms with van der Waals surface area (Å²) in [5.74, 6) is 1.59. The first-order valence-electron chi connectivity index (χ1n) is 12.4. The molecule has 36 heavy (non-hydrogen) atoms. The second kappa shape index (κ2) is 10.1. The predicted molar refractivity (Wildman–Crippen MR) is 144 cm³/mol. The monoisotopic (exact) mass is 496 g/mol. The first-order valence-corrected chi connectivity index (χ1v) is 12.8. The SMILES string of the molecule is S=C1N[C@H](c2ccccn2)[C@@H](c2cccn2C[C@@H]2CCCO2)N1c1ccc(Oc2ccccc2)cc1. The number of nitrogens with zero attached hydrogens (tertiary/aromatic N) is 3. The van der Waals surface area contributed by atoms with Crippen molar-refractivity contribution < 1.29 is 9.47 Å². The van der Waals surface area contributed by atoms with Crippen molar-refractivity contribution in [2.24, 2.45) is 0 Å². The van der Waals surface area contributed by atoms with Crippen molar-refractivity contribution in [2.45, 2.75) is 37.6 Å². The minimum Gasteiger partial charge on any atom is -0.457 e. The van der Waals surface area contributed by atoms with Crippen LogP contribution in [0.5, 0.6) is 11.5 Å². The lowest BCUT2D eigenvalue weighted by atomic mass is 10.0. The Balaban J connectivity index is 1.34. The van der Waals surface area contributed by atoms with Gasteiger partial charge < -0.3 is 24.3 Å². The van der Waals surface area contributed by atoms with Crippen LogP contribution < -0.4 is 15.0 Å². The predicted octanol–water partition coefficient (Wildman–Crippen LogP) is 6.03. The minimum atomic E-state index is -0.0860. The number of nitrogens with one attached hydrogen (secondary N) is 1. The third-order valence-electron chi connectivity index (χ3n) is 6.78. The van der Waals surface area contributed by atoms with E-state index in [4.69, 9.17) is 21.7 Å². The largest absolute Gasteiger partial charge is 0.457 e. The Labute approximate surface area is 216 Å². The second-order valence-electron chi connectivity index (χ2n) is 9.13. The summed E-state index contributed by atoms with van der Waals surface area (Å²) in [7, 11) is 0. The molecule has 0 unspecified atom stereocenters. The molecule has 2 saturated heterocycles. The van der Waals surface area contributed by atoms with Gasteiger partial charge in [0, 0.05) is 36.9 Å². The van der Waals surface area contributed by atoms with Gasteiger partial charge in [0.2, 0.25) is 0 Å². The molecule has 0 bridgehead atoms. The molecule has 2 fully saturated rings. The van der Waals surface area contributed by atoms with Gasteiger partial charge in [-0.15, -0.1) is 0 Å². The number of benzene rings is 2. The van der Waals surface area contributed by atoms with Gasteiger partial charge in [0.15, 0.2) is 5.11 Å². The molecule has 4 aromatic rings.